The quantitative estimate of drug-likeness (QED) is 0.583. The Bertz CT molecular complexity index is 801. The van der Waals surface area contributed by atoms with Gasteiger partial charge >= 0.3 is 0 Å². The summed E-state index contributed by atoms with van der Waals surface area (Å²) < 4.78 is 10.9. The Morgan fingerprint density at radius 3 is 2.47 bits per heavy atom. The first kappa shape index (κ1) is 23.2. The van der Waals surface area contributed by atoms with E-state index in [1.54, 1.807) is 18.2 Å². The maximum Gasteiger partial charge on any atom is 0.119 e. The van der Waals surface area contributed by atoms with Crippen molar-refractivity contribution >= 4 is 0 Å². The van der Waals surface area contributed by atoms with Crippen LogP contribution >= 0.6 is 0 Å². The molecule has 0 aromatic heterocycles. The van der Waals surface area contributed by atoms with E-state index in [1.807, 2.05) is 12.1 Å². The number of aliphatic hydroxyl groups is 1. The molecule has 1 saturated heterocycles. The van der Waals surface area contributed by atoms with Gasteiger partial charge in [0.1, 0.15) is 12.4 Å². The van der Waals surface area contributed by atoms with Crippen LogP contribution in [0.15, 0.2) is 48.5 Å². The van der Waals surface area contributed by atoms with Gasteiger partial charge in [0, 0.05) is 39.3 Å². The summed E-state index contributed by atoms with van der Waals surface area (Å²) in [5.41, 5.74) is 4.39. The van der Waals surface area contributed by atoms with Crippen LogP contribution in [0.5, 0.6) is 5.75 Å². The normalized spacial score (nSPS) is 19.4. The average Bonchev–Trinajstić information content (AvgIpc) is 3.27. The van der Waals surface area contributed by atoms with Crippen molar-refractivity contribution in [2.24, 2.45) is 5.92 Å². The lowest BCUT2D eigenvalue weighted by molar-refractivity contribution is 0.0843. The van der Waals surface area contributed by atoms with Crippen molar-refractivity contribution in [3.63, 3.8) is 0 Å². The number of aliphatic hydroxyl groups excluding tert-OH is 1. The lowest BCUT2D eigenvalue weighted by Gasteiger charge is -2.38. The summed E-state index contributed by atoms with van der Waals surface area (Å²) >= 11 is 0. The Morgan fingerprint density at radius 2 is 1.78 bits per heavy atom. The fourth-order valence-electron chi connectivity index (χ4n) is 5.30. The monoisotopic (exact) mass is 438 g/mol. The number of hydrogen-bond acceptors (Lipinski definition) is 5. The van der Waals surface area contributed by atoms with Crippen LogP contribution < -0.4 is 4.74 Å². The van der Waals surface area contributed by atoms with E-state index in [9.17, 15) is 0 Å². The third-order valence-corrected chi connectivity index (χ3v) is 6.91. The van der Waals surface area contributed by atoms with Gasteiger partial charge in [0.05, 0.1) is 13.2 Å². The number of piperidine rings is 1. The summed E-state index contributed by atoms with van der Waals surface area (Å²) in [6.45, 7) is 6.56. The molecule has 1 N–H and O–H groups in total. The molecule has 32 heavy (non-hydrogen) atoms. The molecule has 174 valence electrons. The first-order valence-corrected chi connectivity index (χ1v) is 12.1. The largest absolute Gasteiger partial charge is 0.491 e. The Balaban J connectivity index is 1.32. The van der Waals surface area contributed by atoms with Gasteiger partial charge in [-0.1, -0.05) is 36.4 Å². The molecule has 0 radical (unpaired) electrons. The van der Waals surface area contributed by atoms with E-state index in [0.29, 0.717) is 18.6 Å². The Morgan fingerprint density at radius 1 is 1.03 bits per heavy atom. The van der Waals surface area contributed by atoms with Gasteiger partial charge in [-0.15, -0.1) is 0 Å². The molecule has 4 rings (SSSR count). The van der Waals surface area contributed by atoms with E-state index in [0.717, 1.165) is 32.0 Å². The van der Waals surface area contributed by atoms with Gasteiger partial charge in [-0.2, -0.15) is 0 Å². The van der Waals surface area contributed by atoms with Gasteiger partial charge in [-0.25, -0.2) is 0 Å². The minimum Gasteiger partial charge on any atom is -0.491 e. The highest BCUT2D eigenvalue weighted by Gasteiger charge is 2.31. The second-order valence-electron chi connectivity index (χ2n) is 9.28. The smallest absolute Gasteiger partial charge is 0.119 e. The second kappa shape index (κ2) is 11.8. The first-order chi connectivity index (χ1) is 15.7. The fraction of sp³-hybridized carbons (Fsp3) is 0.556. The molecule has 1 unspecified atom stereocenters. The summed E-state index contributed by atoms with van der Waals surface area (Å²) in [6, 6.07) is 17.9. The molecule has 5 nitrogen and oxygen atoms in total. The average molecular weight is 439 g/mol. The molecule has 1 fully saturated rings. The van der Waals surface area contributed by atoms with Gasteiger partial charge < -0.3 is 14.6 Å². The molecule has 2 aliphatic rings. The van der Waals surface area contributed by atoms with Crippen molar-refractivity contribution in [3.8, 4) is 5.75 Å². The highest BCUT2D eigenvalue weighted by molar-refractivity contribution is 5.33. The number of benzene rings is 2. The molecule has 1 aliphatic carbocycles. The maximum atomic E-state index is 8.93. The van der Waals surface area contributed by atoms with Gasteiger partial charge in [0.25, 0.3) is 0 Å². The zero-order valence-corrected chi connectivity index (χ0v) is 19.4. The van der Waals surface area contributed by atoms with Crippen LogP contribution in [0, 0.1) is 5.92 Å². The first-order valence-electron chi connectivity index (χ1n) is 12.1. The third kappa shape index (κ3) is 6.32. The number of fused-ring (bicyclic) bond motifs is 1. The van der Waals surface area contributed by atoms with Crippen molar-refractivity contribution in [3.05, 3.63) is 65.2 Å². The molecule has 1 aliphatic heterocycles. The number of rotatable bonds is 11. The van der Waals surface area contributed by atoms with E-state index < -0.39 is 0 Å². The number of nitrogens with zero attached hydrogens (tertiary/aromatic N) is 2. The van der Waals surface area contributed by atoms with E-state index in [2.05, 4.69) is 46.2 Å². The van der Waals surface area contributed by atoms with Crippen LogP contribution in [0.3, 0.4) is 0 Å². The van der Waals surface area contributed by atoms with Crippen LogP contribution in [0.1, 0.15) is 29.5 Å². The predicted molar refractivity (Wildman–Crippen MR) is 128 cm³/mol. The van der Waals surface area contributed by atoms with E-state index >= 15 is 0 Å². The molecule has 2 aromatic rings. The Labute approximate surface area is 192 Å². The lowest BCUT2D eigenvalue weighted by atomic mass is 9.95. The molecule has 0 bridgehead atoms. The molecule has 2 aromatic carbocycles. The van der Waals surface area contributed by atoms with E-state index in [1.165, 1.54) is 44.3 Å². The van der Waals surface area contributed by atoms with Crippen molar-refractivity contribution in [1.82, 2.24) is 9.80 Å². The number of methoxy groups -OCH3 is 1. The van der Waals surface area contributed by atoms with Crippen LogP contribution in [-0.2, 0) is 24.1 Å². The van der Waals surface area contributed by atoms with Crippen LogP contribution in [-0.4, -0.2) is 74.1 Å². The Hall–Kier alpha value is -1.92. The summed E-state index contributed by atoms with van der Waals surface area (Å²) in [6.07, 6.45) is 5.03. The summed E-state index contributed by atoms with van der Waals surface area (Å²) in [5, 5.41) is 8.93. The number of ether oxygens (including phenoxy) is 2. The third-order valence-electron chi connectivity index (χ3n) is 6.91. The van der Waals surface area contributed by atoms with Crippen LogP contribution in [0.4, 0.5) is 0 Å². The summed E-state index contributed by atoms with van der Waals surface area (Å²) in [7, 11) is 1.78. The topological polar surface area (TPSA) is 45.2 Å². The van der Waals surface area contributed by atoms with Gasteiger partial charge in [0.15, 0.2) is 0 Å². The van der Waals surface area contributed by atoms with Gasteiger partial charge in [0.2, 0.25) is 0 Å². The minimum absolute atomic E-state index is 0.0396. The zero-order valence-electron chi connectivity index (χ0n) is 19.4. The molecule has 1 heterocycles. The van der Waals surface area contributed by atoms with Gasteiger partial charge in [-0.3, -0.25) is 9.80 Å². The standard InChI is InChI=1S/C27H38N2O3/c1-31-15-13-28(19-22-8-10-27(11-9-22)32-16-14-30)20-23-5-4-12-29(21-23)26-17-24-6-2-3-7-25(24)18-26/h2-3,6-11,23,26,30H,4-5,12-21H2,1H3. The minimum atomic E-state index is 0.0396. The van der Waals surface area contributed by atoms with Crippen LogP contribution in [0.2, 0.25) is 0 Å². The molecule has 5 heteroatoms. The Kier molecular flexibility index (Phi) is 8.57. The molecular weight excluding hydrogens is 400 g/mol. The van der Waals surface area contributed by atoms with Crippen molar-refractivity contribution < 1.29 is 14.6 Å². The van der Waals surface area contributed by atoms with Crippen molar-refractivity contribution in [2.45, 2.75) is 38.3 Å². The highest BCUT2D eigenvalue weighted by Crippen LogP contribution is 2.29. The fourth-order valence-corrected chi connectivity index (χ4v) is 5.30. The summed E-state index contributed by atoms with van der Waals surface area (Å²) in [5.74, 6) is 1.52. The zero-order chi connectivity index (χ0) is 22.2. The predicted octanol–water partition coefficient (Wildman–Crippen LogP) is 3.39. The molecular formula is C27H38N2O3. The van der Waals surface area contributed by atoms with E-state index in [4.69, 9.17) is 14.6 Å². The maximum absolute atomic E-state index is 8.93. The second-order valence-corrected chi connectivity index (χ2v) is 9.28. The van der Waals surface area contributed by atoms with E-state index in [-0.39, 0.29) is 6.61 Å². The molecule has 0 spiro atoms. The molecule has 0 saturated carbocycles. The summed E-state index contributed by atoms with van der Waals surface area (Å²) in [4.78, 5) is 5.31. The van der Waals surface area contributed by atoms with Crippen molar-refractivity contribution in [2.75, 3.05) is 53.1 Å². The SMILES string of the molecule is COCCN(Cc1ccc(OCCO)cc1)CC1CCCN(C2Cc3ccccc3C2)C1. The number of hydrogen-bond donors (Lipinski definition) is 1. The molecule has 0 amide bonds. The van der Waals surface area contributed by atoms with Crippen molar-refractivity contribution in [1.29, 1.82) is 0 Å². The highest BCUT2D eigenvalue weighted by atomic mass is 16.5. The number of likely N-dealkylation sites (tertiary alicyclic amines) is 1. The lowest BCUT2D eigenvalue weighted by Crippen LogP contribution is -2.46. The van der Waals surface area contributed by atoms with Crippen LogP contribution in [0.25, 0.3) is 0 Å². The van der Waals surface area contributed by atoms with Gasteiger partial charge in [-0.05, 0) is 67.0 Å². The molecule has 1 atom stereocenters.